The number of methoxy groups -OCH3 is 1. The molecule has 0 saturated heterocycles. The molecule has 10 nitrogen and oxygen atoms in total. The number of sulfone groups is 1. The third kappa shape index (κ3) is 4.51. The molecule has 1 unspecified atom stereocenters. The van der Waals surface area contributed by atoms with E-state index < -0.39 is 20.9 Å². The van der Waals surface area contributed by atoms with Crippen molar-refractivity contribution in [1.82, 2.24) is 15.0 Å². The van der Waals surface area contributed by atoms with Crippen molar-refractivity contribution >= 4 is 43.8 Å². The highest BCUT2D eigenvalue weighted by molar-refractivity contribution is 7.90. The van der Waals surface area contributed by atoms with Gasteiger partial charge in [-0.1, -0.05) is 6.07 Å². The zero-order valence-corrected chi connectivity index (χ0v) is 22.1. The Morgan fingerprint density at radius 1 is 1.21 bits per heavy atom. The minimum atomic E-state index is -3.28. The average Bonchev–Trinajstić information content (AvgIpc) is 2.90. The van der Waals surface area contributed by atoms with Crippen LogP contribution in [0.2, 0.25) is 0 Å². The summed E-state index contributed by atoms with van der Waals surface area (Å²) in [5.74, 6) is 0.547. The molecule has 1 atom stereocenters. The van der Waals surface area contributed by atoms with Crippen LogP contribution >= 0.6 is 0 Å². The van der Waals surface area contributed by atoms with Gasteiger partial charge in [-0.15, -0.1) is 0 Å². The molecule has 0 spiro atoms. The van der Waals surface area contributed by atoms with Crippen molar-refractivity contribution in [3.05, 3.63) is 53.6 Å². The van der Waals surface area contributed by atoms with Gasteiger partial charge in [-0.05, 0) is 43.2 Å². The molecule has 0 fully saturated rings. The van der Waals surface area contributed by atoms with Crippen LogP contribution in [0.1, 0.15) is 23.3 Å². The molecule has 1 aliphatic rings. The predicted molar refractivity (Wildman–Crippen MR) is 145 cm³/mol. The van der Waals surface area contributed by atoms with Crippen molar-refractivity contribution in [2.45, 2.75) is 19.1 Å². The molecule has 2 aromatic heterocycles. The Labute approximate surface area is 219 Å². The van der Waals surface area contributed by atoms with Crippen LogP contribution in [-0.4, -0.2) is 49.9 Å². The van der Waals surface area contributed by atoms with Crippen molar-refractivity contribution in [3.63, 3.8) is 0 Å². The Bertz CT molecular complexity index is 1680. The fourth-order valence-electron chi connectivity index (χ4n) is 4.36. The Balaban J connectivity index is 1.54. The number of fused-ring (bicyclic) bond motifs is 2. The number of hydrogen-bond acceptors (Lipinski definition) is 10. The first-order valence-corrected chi connectivity index (χ1v) is 13.8. The molecule has 4 N–H and O–H groups in total. The van der Waals surface area contributed by atoms with Crippen LogP contribution in [0.5, 0.6) is 11.6 Å². The quantitative estimate of drug-likeness (QED) is 0.303. The van der Waals surface area contributed by atoms with Crippen LogP contribution in [0.15, 0.2) is 36.7 Å². The molecule has 2 aromatic carbocycles. The third-order valence-electron chi connectivity index (χ3n) is 6.68. The van der Waals surface area contributed by atoms with Gasteiger partial charge in [0, 0.05) is 41.7 Å². The van der Waals surface area contributed by atoms with E-state index in [0.29, 0.717) is 52.5 Å². The van der Waals surface area contributed by atoms with E-state index in [1.165, 1.54) is 19.6 Å². The zero-order valence-electron chi connectivity index (χ0n) is 21.3. The molecule has 1 aliphatic heterocycles. The van der Waals surface area contributed by atoms with Gasteiger partial charge in [-0.3, -0.25) is 0 Å². The summed E-state index contributed by atoms with van der Waals surface area (Å²) < 4.78 is 50.4. The van der Waals surface area contributed by atoms with E-state index in [2.05, 4.69) is 25.6 Å². The van der Waals surface area contributed by atoms with Crippen molar-refractivity contribution < 1.29 is 22.3 Å². The van der Waals surface area contributed by atoms with Crippen LogP contribution in [0.4, 0.5) is 27.4 Å². The number of ether oxygens (including phenoxy) is 2. The van der Waals surface area contributed by atoms with E-state index in [-0.39, 0.29) is 17.2 Å². The lowest BCUT2D eigenvalue weighted by atomic mass is 9.98. The summed E-state index contributed by atoms with van der Waals surface area (Å²) in [5.41, 5.74) is 9.99. The van der Waals surface area contributed by atoms with E-state index in [9.17, 15) is 8.42 Å². The molecule has 0 bridgehead atoms. The van der Waals surface area contributed by atoms with Gasteiger partial charge < -0.3 is 25.8 Å². The lowest BCUT2D eigenvalue weighted by molar-refractivity contribution is 0.310. The van der Waals surface area contributed by atoms with E-state index in [0.717, 1.165) is 11.3 Å². The van der Waals surface area contributed by atoms with E-state index in [4.69, 9.17) is 15.2 Å². The number of pyridine rings is 1. The monoisotopic (exact) mass is 538 g/mol. The second-order valence-electron chi connectivity index (χ2n) is 9.09. The number of nitrogens with one attached hydrogen (secondary N) is 2. The predicted octanol–water partition coefficient (Wildman–Crippen LogP) is 4.38. The molecule has 0 saturated carbocycles. The zero-order chi connectivity index (χ0) is 27.2. The maximum Gasteiger partial charge on any atom is 0.237 e. The van der Waals surface area contributed by atoms with Crippen molar-refractivity contribution in [2.75, 3.05) is 42.9 Å². The highest BCUT2D eigenvalue weighted by Gasteiger charge is 2.22. The van der Waals surface area contributed by atoms with Gasteiger partial charge in [0.1, 0.15) is 18.0 Å². The van der Waals surface area contributed by atoms with Gasteiger partial charge >= 0.3 is 0 Å². The minimum absolute atomic E-state index is 0.0675. The maximum absolute atomic E-state index is 15.4. The maximum atomic E-state index is 15.4. The first-order valence-electron chi connectivity index (χ1n) is 11.8. The summed E-state index contributed by atoms with van der Waals surface area (Å²) in [4.78, 5) is 13.2. The lowest BCUT2D eigenvalue weighted by Gasteiger charge is -2.22. The number of rotatable bonds is 6. The van der Waals surface area contributed by atoms with Gasteiger partial charge in [-0.2, -0.15) is 0 Å². The van der Waals surface area contributed by atoms with Crippen LogP contribution in [0.3, 0.4) is 0 Å². The summed E-state index contributed by atoms with van der Waals surface area (Å²) in [6.45, 7) is 4.62. The minimum Gasteiger partial charge on any atom is -0.495 e. The Morgan fingerprint density at radius 3 is 2.74 bits per heavy atom. The van der Waals surface area contributed by atoms with Gasteiger partial charge in [0.05, 0.1) is 29.3 Å². The van der Waals surface area contributed by atoms with Gasteiger partial charge in [0.2, 0.25) is 11.8 Å². The van der Waals surface area contributed by atoms with Crippen molar-refractivity contribution in [2.24, 2.45) is 0 Å². The fourth-order valence-corrected chi connectivity index (χ4v) is 5.00. The highest BCUT2D eigenvalue weighted by Crippen LogP contribution is 2.39. The number of halogens is 1. The van der Waals surface area contributed by atoms with E-state index in [1.54, 1.807) is 37.4 Å². The highest BCUT2D eigenvalue weighted by atomic mass is 32.2. The smallest absolute Gasteiger partial charge is 0.237 e. The molecule has 38 heavy (non-hydrogen) atoms. The van der Waals surface area contributed by atoms with E-state index in [1.807, 2.05) is 6.92 Å². The van der Waals surface area contributed by atoms with Gasteiger partial charge in [0.25, 0.3) is 0 Å². The van der Waals surface area contributed by atoms with Crippen LogP contribution < -0.4 is 25.8 Å². The molecule has 5 rings (SSSR count). The third-order valence-corrected chi connectivity index (χ3v) is 8.24. The number of nitrogen functional groups attached to an aromatic ring is 1. The Hall–Kier alpha value is -4.19. The fraction of sp³-hybridized carbons (Fsp3) is 0.269. The average molecular weight is 539 g/mol. The van der Waals surface area contributed by atoms with Crippen LogP contribution in [0.25, 0.3) is 22.0 Å². The first kappa shape index (κ1) is 25.5. The second kappa shape index (κ2) is 9.60. The second-order valence-corrected chi connectivity index (χ2v) is 11.5. The largest absolute Gasteiger partial charge is 0.495 e. The molecule has 0 amide bonds. The standard InChI is InChI=1S/C26H27FN6O4S/c1-13-17(11-30-25-24(13)29-7-8-37-25)16-10-20-18(23(28)22(16)27)12-31-26(33-20)32-19-6-5-15(9-21(19)36-3)14(2)38(4,34)35/h5-6,9-12,14,29H,7-8,28H2,1-4H3,(H,31,32,33). The summed E-state index contributed by atoms with van der Waals surface area (Å²) in [5, 5.41) is 6.03. The molecular weight excluding hydrogens is 511 g/mol. The van der Waals surface area contributed by atoms with Crippen molar-refractivity contribution in [1.29, 1.82) is 0 Å². The summed E-state index contributed by atoms with van der Waals surface area (Å²) >= 11 is 0. The van der Waals surface area contributed by atoms with Crippen LogP contribution in [-0.2, 0) is 9.84 Å². The number of hydrogen-bond donors (Lipinski definition) is 3. The summed E-state index contributed by atoms with van der Waals surface area (Å²) in [6.07, 6.45) is 4.20. The van der Waals surface area contributed by atoms with Gasteiger partial charge in [-0.25, -0.2) is 27.8 Å². The summed E-state index contributed by atoms with van der Waals surface area (Å²) in [7, 11) is -1.79. The Kier molecular flexibility index (Phi) is 6.43. The molecule has 0 radical (unpaired) electrons. The molecule has 0 aliphatic carbocycles. The Morgan fingerprint density at radius 2 is 2.00 bits per heavy atom. The number of nitrogens with two attached hydrogens (primary N) is 1. The molecular formula is C26H27FN6O4S. The van der Waals surface area contributed by atoms with Crippen LogP contribution in [0, 0.1) is 12.7 Å². The van der Waals surface area contributed by atoms with Crippen molar-refractivity contribution in [3.8, 4) is 22.8 Å². The normalized spacial score (nSPS) is 13.8. The molecule has 12 heteroatoms. The number of nitrogens with zero attached hydrogens (tertiary/aromatic N) is 3. The molecule has 4 aromatic rings. The number of anilines is 4. The van der Waals surface area contributed by atoms with E-state index >= 15 is 4.39 Å². The molecule has 198 valence electrons. The first-order chi connectivity index (χ1) is 18.1. The SMILES string of the molecule is COc1cc(C(C)S(C)(=O)=O)ccc1Nc1ncc2c(N)c(F)c(-c3cnc4c(c3C)NCCO4)cc2n1. The molecule has 3 heterocycles. The number of benzene rings is 2. The van der Waals surface area contributed by atoms with Gasteiger partial charge in [0.15, 0.2) is 15.7 Å². The topological polar surface area (TPSA) is 141 Å². The lowest BCUT2D eigenvalue weighted by Crippen LogP contribution is -2.20. The summed E-state index contributed by atoms with van der Waals surface area (Å²) in [6, 6.07) is 6.67. The number of aromatic nitrogens is 3.